The molecular formula is C13H20BrNO2S. The molecule has 1 rings (SSSR count). The summed E-state index contributed by atoms with van der Waals surface area (Å²) in [4.78, 5) is 0.406. The highest BCUT2D eigenvalue weighted by atomic mass is 79.9. The number of halogens is 1. The predicted octanol–water partition coefficient (Wildman–Crippen LogP) is 3.00. The maximum absolute atomic E-state index is 12.1. The van der Waals surface area contributed by atoms with Crippen LogP contribution in [0.5, 0.6) is 0 Å². The summed E-state index contributed by atoms with van der Waals surface area (Å²) in [5.41, 5.74) is 0. The van der Waals surface area contributed by atoms with E-state index in [1.165, 1.54) is 0 Å². The Morgan fingerprint density at radius 1 is 1.28 bits per heavy atom. The second kappa shape index (κ2) is 7.26. The zero-order valence-electron chi connectivity index (χ0n) is 10.8. The molecule has 0 aliphatic heterocycles. The van der Waals surface area contributed by atoms with Gasteiger partial charge in [0.2, 0.25) is 0 Å². The van der Waals surface area contributed by atoms with Gasteiger partial charge in [-0.05, 0) is 50.6 Å². The van der Waals surface area contributed by atoms with Crippen molar-refractivity contribution in [2.75, 3.05) is 12.8 Å². The highest BCUT2D eigenvalue weighted by Gasteiger charge is 2.14. The van der Waals surface area contributed by atoms with Crippen molar-refractivity contribution in [1.82, 2.24) is 5.32 Å². The van der Waals surface area contributed by atoms with Gasteiger partial charge in [-0.15, -0.1) is 0 Å². The first kappa shape index (κ1) is 15.7. The number of benzene rings is 1. The first-order valence-corrected chi connectivity index (χ1v) is 8.59. The third kappa shape index (κ3) is 4.71. The average Bonchev–Trinajstić information content (AvgIpc) is 2.35. The van der Waals surface area contributed by atoms with Crippen LogP contribution in [-0.2, 0) is 9.84 Å². The van der Waals surface area contributed by atoms with Gasteiger partial charge in [0.25, 0.3) is 0 Å². The quantitative estimate of drug-likeness (QED) is 0.834. The lowest BCUT2D eigenvalue weighted by molar-refractivity contribution is 0.500. The number of hydrogen-bond acceptors (Lipinski definition) is 3. The van der Waals surface area contributed by atoms with Crippen molar-refractivity contribution in [1.29, 1.82) is 0 Å². The summed E-state index contributed by atoms with van der Waals surface area (Å²) >= 11 is 3.30. The molecule has 0 spiro atoms. The predicted molar refractivity (Wildman–Crippen MR) is 78.6 cm³/mol. The molecular weight excluding hydrogens is 314 g/mol. The van der Waals surface area contributed by atoms with Crippen molar-refractivity contribution >= 4 is 25.8 Å². The first-order chi connectivity index (χ1) is 8.49. The maximum Gasteiger partial charge on any atom is 0.178 e. The molecule has 1 atom stereocenters. The van der Waals surface area contributed by atoms with Crippen molar-refractivity contribution in [2.45, 2.75) is 37.1 Å². The Morgan fingerprint density at radius 2 is 1.89 bits per heavy atom. The van der Waals surface area contributed by atoms with Crippen molar-refractivity contribution in [2.24, 2.45) is 0 Å². The van der Waals surface area contributed by atoms with Gasteiger partial charge in [0, 0.05) is 10.5 Å². The second-order valence-electron chi connectivity index (χ2n) is 4.31. The Hall–Kier alpha value is -0.390. The van der Waals surface area contributed by atoms with Crippen molar-refractivity contribution < 1.29 is 8.42 Å². The van der Waals surface area contributed by atoms with Crippen LogP contribution in [0, 0.1) is 0 Å². The number of sulfone groups is 1. The Bertz CT molecular complexity index is 452. The molecule has 0 aliphatic rings. The maximum atomic E-state index is 12.1. The fraction of sp³-hybridized carbons (Fsp3) is 0.538. The Kier molecular flexibility index (Phi) is 6.32. The van der Waals surface area contributed by atoms with Gasteiger partial charge >= 0.3 is 0 Å². The first-order valence-electron chi connectivity index (χ1n) is 6.15. The molecule has 0 bridgehead atoms. The van der Waals surface area contributed by atoms with Gasteiger partial charge in [-0.25, -0.2) is 8.42 Å². The summed E-state index contributed by atoms with van der Waals surface area (Å²) in [6, 6.07) is 7.22. The van der Waals surface area contributed by atoms with Gasteiger partial charge in [0.1, 0.15) is 0 Å². The number of rotatable bonds is 7. The second-order valence-corrected chi connectivity index (χ2v) is 7.33. The van der Waals surface area contributed by atoms with E-state index in [0.29, 0.717) is 17.4 Å². The van der Waals surface area contributed by atoms with E-state index in [4.69, 9.17) is 0 Å². The Labute approximate surface area is 118 Å². The van der Waals surface area contributed by atoms with Crippen LogP contribution in [0.2, 0.25) is 0 Å². The van der Waals surface area contributed by atoms with Crippen LogP contribution >= 0.6 is 15.9 Å². The molecule has 1 N–H and O–H groups in total. The van der Waals surface area contributed by atoms with E-state index in [9.17, 15) is 8.42 Å². The highest BCUT2D eigenvalue weighted by Crippen LogP contribution is 2.17. The van der Waals surface area contributed by atoms with Crippen LogP contribution in [0.4, 0.5) is 0 Å². The van der Waals surface area contributed by atoms with Crippen LogP contribution in [0.1, 0.15) is 26.2 Å². The van der Waals surface area contributed by atoms with E-state index in [2.05, 4.69) is 28.2 Å². The highest BCUT2D eigenvalue weighted by molar-refractivity contribution is 9.10. The third-order valence-corrected chi connectivity index (χ3v) is 5.38. The molecule has 1 unspecified atom stereocenters. The SMILES string of the molecule is CCC(CCCS(=O)(=O)c1ccc(Br)cc1)NC. The van der Waals surface area contributed by atoms with Crippen molar-refractivity contribution in [3.8, 4) is 0 Å². The zero-order chi connectivity index (χ0) is 13.6. The van der Waals surface area contributed by atoms with Gasteiger partial charge in [-0.2, -0.15) is 0 Å². The normalized spacial score (nSPS) is 13.5. The van der Waals surface area contributed by atoms with Crippen molar-refractivity contribution in [3.05, 3.63) is 28.7 Å². The Morgan fingerprint density at radius 3 is 2.39 bits per heavy atom. The summed E-state index contributed by atoms with van der Waals surface area (Å²) in [7, 11) is -1.22. The van der Waals surface area contributed by atoms with Crippen LogP contribution in [0.25, 0.3) is 0 Å². The standard InChI is InChI=1S/C13H20BrNO2S/c1-3-12(15-2)5-4-10-18(16,17)13-8-6-11(14)7-9-13/h6-9,12,15H,3-5,10H2,1-2H3. The van der Waals surface area contributed by atoms with Gasteiger partial charge in [0.05, 0.1) is 10.6 Å². The van der Waals surface area contributed by atoms with Gasteiger partial charge in [0.15, 0.2) is 9.84 Å². The minimum atomic E-state index is -3.14. The molecule has 0 saturated carbocycles. The average molecular weight is 334 g/mol. The molecule has 1 aromatic rings. The minimum absolute atomic E-state index is 0.215. The molecule has 0 aromatic heterocycles. The molecule has 5 heteroatoms. The lowest BCUT2D eigenvalue weighted by Gasteiger charge is -2.13. The fourth-order valence-corrected chi connectivity index (χ4v) is 3.43. The molecule has 1 aromatic carbocycles. The minimum Gasteiger partial charge on any atom is -0.317 e. The van der Waals surface area contributed by atoms with Crippen LogP contribution in [-0.4, -0.2) is 27.3 Å². The van der Waals surface area contributed by atoms with Gasteiger partial charge in [-0.3, -0.25) is 0 Å². The van der Waals surface area contributed by atoms with Crippen LogP contribution in [0.3, 0.4) is 0 Å². The summed E-state index contributed by atoms with van der Waals surface area (Å²) in [5.74, 6) is 0.215. The van der Waals surface area contributed by atoms with Crippen LogP contribution < -0.4 is 5.32 Å². The van der Waals surface area contributed by atoms with Gasteiger partial charge < -0.3 is 5.32 Å². The zero-order valence-corrected chi connectivity index (χ0v) is 13.2. The molecule has 18 heavy (non-hydrogen) atoms. The lowest BCUT2D eigenvalue weighted by atomic mass is 10.1. The third-order valence-electron chi connectivity index (χ3n) is 3.04. The number of nitrogens with one attached hydrogen (secondary N) is 1. The summed E-state index contributed by atoms with van der Waals surface area (Å²) in [5, 5.41) is 3.18. The largest absolute Gasteiger partial charge is 0.317 e. The molecule has 0 amide bonds. The molecule has 0 heterocycles. The van der Waals surface area contributed by atoms with E-state index in [-0.39, 0.29) is 5.75 Å². The molecule has 0 saturated heterocycles. The fourth-order valence-electron chi connectivity index (χ4n) is 1.83. The van der Waals surface area contributed by atoms with Crippen molar-refractivity contribution in [3.63, 3.8) is 0 Å². The monoisotopic (exact) mass is 333 g/mol. The van der Waals surface area contributed by atoms with E-state index < -0.39 is 9.84 Å². The summed E-state index contributed by atoms with van der Waals surface area (Å²) in [6.07, 6.45) is 2.61. The number of hydrogen-bond donors (Lipinski definition) is 1. The molecule has 102 valence electrons. The molecule has 3 nitrogen and oxygen atoms in total. The van der Waals surface area contributed by atoms with E-state index >= 15 is 0 Å². The molecule has 0 fully saturated rings. The van der Waals surface area contributed by atoms with E-state index in [0.717, 1.165) is 17.3 Å². The molecule has 0 radical (unpaired) electrons. The van der Waals surface area contributed by atoms with Gasteiger partial charge in [-0.1, -0.05) is 22.9 Å². The van der Waals surface area contributed by atoms with E-state index in [1.54, 1.807) is 24.3 Å². The summed E-state index contributed by atoms with van der Waals surface area (Å²) < 4.78 is 25.0. The van der Waals surface area contributed by atoms with E-state index in [1.807, 2.05) is 7.05 Å². The topological polar surface area (TPSA) is 46.2 Å². The molecule has 0 aliphatic carbocycles. The lowest BCUT2D eigenvalue weighted by Crippen LogP contribution is -2.24. The van der Waals surface area contributed by atoms with Crippen LogP contribution in [0.15, 0.2) is 33.6 Å². The Balaban J connectivity index is 2.57. The smallest absolute Gasteiger partial charge is 0.178 e. The summed E-state index contributed by atoms with van der Waals surface area (Å²) in [6.45, 7) is 2.10.